The van der Waals surface area contributed by atoms with E-state index in [1.165, 1.54) is 0 Å². The molecule has 0 saturated carbocycles. The zero-order valence-electron chi connectivity index (χ0n) is 10.2. The van der Waals surface area contributed by atoms with E-state index >= 15 is 0 Å². The van der Waals surface area contributed by atoms with Gasteiger partial charge < -0.3 is 14.9 Å². The second kappa shape index (κ2) is 4.52. The lowest BCUT2D eigenvalue weighted by Crippen LogP contribution is -2.03. The van der Waals surface area contributed by atoms with E-state index in [2.05, 4.69) is 19.9 Å². The maximum absolute atomic E-state index is 5.60. The monoisotopic (exact) mass is 257 g/mol. The predicted molar refractivity (Wildman–Crippen MR) is 68.4 cm³/mol. The molecule has 7 nitrogen and oxygen atoms in total. The number of nitrogens with two attached hydrogens (primary N) is 1. The zero-order chi connectivity index (χ0) is 13.2. The molecule has 0 saturated heterocycles. The summed E-state index contributed by atoms with van der Waals surface area (Å²) in [4.78, 5) is 16.7. The third kappa shape index (κ3) is 2.05. The quantitative estimate of drug-likeness (QED) is 0.761. The molecule has 2 N–H and O–H groups in total. The van der Waals surface area contributed by atoms with Crippen LogP contribution in [0, 0.1) is 0 Å². The van der Waals surface area contributed by atoms with Gasteiger partial charge in [0, 0.05) is 0 Å². The fraction of sp³-hybridized carbons (Fsp3) is 0.167. The summed E-state index contributed by atoms with van der Waals surface area (Å²) in [7, 11) is 0. The van der Waals surface area contributed by atoms with Crippen LogP contribution in [-0.2, 0) is 0 Å². The number of nitrogens with zero attached hydrogens (tertiary/aromatic N) is 4. The minimum Gasteiger partial charge on any atom is -0.476 e. The van der Waals surface area contributed by atoms with Crippen molar-refractivity contribution in [3.63, 3.8) is 0 Å². The summed E-state index contributed by atoms with van der Waals surface area (Å²) in [6.45, 7) is 2.31. The highest BCUT2D eigenvalue weighted by Gasteiger charge is 2.12. The standard InChI is InChI=1S/C12H11N5O2/c1-2-18-11-9-10(16-12(13)17-11)14-6-7(15-9)8-4-3-5-19-8/h3-6H,2H2,1H3,(H2,13,14,16,17). The van der Waals surface area contributed by atoms with Crippen molar-refractivity contribution in [2.24, 2.45) is 0 Å². The van der Waals surface area contributed by atoms with Crippen molar-refractivity contribution >= 4 is 17.1 Å². The molecule has 0 aliphatic rings. The number of rotatable bonds is 3. The number of hydrogen-bond acceptors (Lipinski definition) is 7. The Labute approximate surface area is 108 Å². The Balaban J connectivity index is 2.20. The molecular formula is C12H11N5O2. The average molecular weight is 257 g/mol. The van der Waals surface area contributed by atoms with E-state index in [9.17, 15) is 0 Å². The molecule has 0 spiro atoms. The van der Waals surface area contributed by atoms with Crippen LogP contribution in [0.1, 0.15) is 6.92 Å². The summed E-state index contributed by atoms with van der Waals surface area (Å²) in [6.07, 6.45) is 3.15. The topological polar surface area (TPSA) is 100.0 Å². The lowest BCUT2D eigenvalue weighted by atomic mass is 10.3. The van der Waals surface area contributed by atoms with Gasteiger partial charge in [0.2, 0.25) is 11.8 Å². The van der Waals surface area contributed by atoms with Crippen LogP contribution in [-0.4, -0.2) is 26.5 Å². The van der Waals surface area contributed by atoms with Crippen LogP contribution in [0.4, 0.5) is 5.95 Å². The number of furan rings is 1. The van der Waals surface area contributed by atoms with Gasteiger partial charge in [0.05, 0.1) is 19.1 Å². The van der Waals surface area contributed by atoms with E-state index in [1.54, 1.807) is 24.6 Å². The maximum atomic E-state index is 5.60. The lowest BCUT2D eigenvalue weighted by Gasteiger charge is -2.06. The summed E-state index contributed by atoms with van der Waals surface area (Å²) in [5.74, 6) is 1.05. The molecule has 3 aromatic rings. The van der Waals surface area contributed by atoms with Crippen molar-refractivity contribution in [2.75, 3.05) is 12.3 Å². The van der Waals surface area contributed by atoms with Gasteiger partial charge in [-0.1, -0.05) is 0 Å². The second-order valence-corrected chi connectivity index (χ2v) is 3.72. The molecule has 0 aromatic carbocycles. The van der Waals surface area contributed by atoms with E-state index < -0.39 is 0 Å². The van der Waals surface area contributed by atoms with E-state index in [4.69, 9.17) is 14.9 Å². The number of aromatic nitrogens is 4. The van der Waals surface area contributed by atoms with E-state index in [1.807, 2.05) is 6.92 Å². The van der Waals surface area contributed by atoms with E-state index in [-0.39, 0.29) is 5.95 Å². The largest absolute Gasteiger partial charge is 0.476 e. The third-order valence-electron chi connectivity index (χ3n) is 2.45. The van der Waals surface area contributed by atoms with Crippen molar-refractivity contribution in [1.29, 1.82) is 0 Å². The molecular weight excluding hydrogens is 246 g/mol. The van der Waals surface area contributed by atoms with Crippen molar-refractivity contribution < 1.29 is 9.15 Å². The predicted octanol–water partition coefficient (Wildman–Crippen LogP) is 1.66. The molecule has 0 aliphatic heterocycles. The molecule has 0 atom stereocenters. The van der Waals surface area contributed by atoms with Gasteiger partial charge in [0.15, 0.2) is 16.9 Å². The van der Waals surface area contributed by atoms with Crippen LogP contribution >= 0.6 is 0 Å². The fourth-order valence-electron chi connectivity index (χ4n) is 1.68. The summed E-state index contributed by atoms with van der Waals surface area (Å²) in [5.41, 5.74) is 7.05. The van der Waals surface area contributed by atoms with Crippen LogP contribution in [0.15, 0.2) is 29.0 Å². The summed E-state index contributed by atoms with van der Waals surface area (Å²) < 4.78 is 10.7. The van der Waals surface area contributed by atoms with Crippen molar-refractivity contribution in [3.05, 3.63) is 24.6 Å². The normalized spacial score (nSPS) is 10.8. The molecule has 19 heavy (non-hydrogen) atoms. The van der Waals surface area contributed by atoms with Crippen LogP contribution in [0.3, 0.4) is 0 Å². The van der Waals surface area contributed by atoms with Crippen LogP contribution in [0.2, 0.25) is 0 Å². The third-order valence-corrected chi connectivity index (χ3v) is 2.45. The minimum atomic E-state index is 0.107. The average Bonchev–Trinajstić information content (AvgIpc) is 2.92. The Hall–Kier alpha value is -2.70. The smallest absolute Gasteiger partial charge is 0.247 e. The van der Waals surface area contributed by atoms with Gasteiger partial charge in [0.1, 0.15) is 5.69 Å². The first-order valence-electron chi connectivity index (χ1n) is 5.75. The molecule has 3 heterocycles. The van der Waals surface area contributed by atoms with Gasteiger partial charge >= 0.3 is 0 Å². The van der Waals surface area contributed by atoms with E-state index in [0.29, 0.717) is 35.1 Å². The van der Waals surface area contributed by atoms with Crippen LogP contribution < -0.4 is 10.5 Å². The van der Waals surface area contributed by atoms with Gasteiger partial charge in [-0.2, -0.15) is 9.97 Å². The molecule has 0 fully saturated rings. The van der Waals surface area contributed by atoms with Gasteiger partial charge in [-0.15, -0.1) is 0 Å². The van der Waals surface area contributed by atoms with Gasteiger partial charge in [-0.25, -0.2) is 9.97 Å². The highest BCUT2D eigenvalue weighted by molar-refractivity contribution is 5.78. The first-order valence-corrected chi connectivity index (χ1v) is 5.75. The highest BCUT2D eigenvalue weighted by atomic mass is 16.5. The Morgan fingerprint density at radius 2 is 2.21 bits per heavy atom. The first kappa shape index (κ1) is 11.4. The Bertz CT molecular complexity index is 711. The Kier molecular flexibility index (Phi) is 2.71. The first-order chi connectivity index (χ1) is 9.28. The fourth-order valence-corrected chi connectivity index (χ4v) is 1.68. The van der Waals surface area contributed by atoms with Crippen LogP contribution in [0.25, 0.3) is 22.6 Å². The number of ether oxygens (including phenoxy) is 1. The molecule has 0 amide bonds. The zero-order valence-corrected chi connectivity index (χ0v) is 10.2. The Morgan fingerprint density at radius 1 is 1.32 bits per heavy atom. The van der Waals surface area contributed by atoms with E-state index in [0.717, 1.165) is 0 Å². The highest BCUT2D eigenvalue weighted by Crippen LogP contribution is 2.24. The minimum absolute atomic E-state index is 0.107. The number of anilines is 1. The molecule has 7 heteroatoms. The van der Waals surface area contributed by atoms with Crippen molar-refractivity contribution in [3.8, 4) is 17.3 Å². The molecule has 0 radical (unpaired) electrons. The molecule has 0 aliphatic carbocycles. The van der Waals surface area contributed by atoms with Gasteiger partial charge in [-0.3, -0.25) is 0 Å². The SMILES string of the molecule is CCOc1nc(N)nc2ncc(-c3ccco3)nc12. The summed E-state index contributed by atoms with van der Waals surface area (Å²) in [6, 6.07) is 3.58. The molecule has 0 bridgehead atoms. The van der Waals surface area contributed by atoms with Crippen molar-refractivity contribution in [1.82, 2.24) is 19.9 Å². The van der Waals surface area contributed by atoms with Gasteiger partial charge in [-0.05, 0) is 19.1 Å². The Morgan fingerprint density at radius 3 is 2.95 bits per heavy atom. The summed E-state index contributed by atoms with van der Waals surface area (Å²) in [5, 5.41) is 0. The van der Waals surface area contributed by atoms with Crippen LogP contribution in [0.5, 0.6) is 5.88 Å². The van der Waals surface area contributed by atoms with Crippen molar-refractivity contribution in [2.45, 2.75) is 6.92 Å². The number of nitrogen functional groups attached to an aromatic ring is 1. The maximum Gasteiger partial charge on any atom is 0.247 e. The van der Waals surface area contributed by atoms with Gasteiger partial charge in [0.25, 0.3) is 0 Å². The number of hydrogen-bond donors (Lipinski definition) is 1. The number of fused-ring (bicyclic) bond motifs is 1. The molecule has 0 unspecified atom stereocenters. The second-order valence-electron chi connectivity index (χ2n) is 3.72. The lowest BCUT2D eigenvalue weighted by molar-refractivity contribution is 0.330. The molecule has 3 aromatic heterocycles. The molecule has 3 rings (SSSR count). The molecule has 96 valence electrons. The summed E-state index contributed by atoms with van der Waals surface area (Å²) >= 11 is 0.